The van der Waals surface area contributed by atoms with E-state index < -0.39 is 32.7 Å². The zero-order valence-corrected chi connectivity index (χ0v) is 45.3. The molecule has 9 nitrogen and oxygen atoms in total. The summed E-state index contributed by atoms with van der Waals surface area (Å²) in [6.45, 7) is 4.22. The van der Waals surface area contributed by atoms with Crippen molar-refractivity contribution < 1.29 is 38.0 Å². The van der Waals surface area contributed by atoms with Crippen molar-refractivity contribution in [1.82, 2.24) is 5.32 Å². The number of aliphatic hydroxyl groups excluding tert-OH is 2. The molecule has 10 heteroatoms. The summed E-state index contributed by atoms with van der Waals surface area (Å²) in [6.07, 6.45) is 68.7. The van der Waals surface area contributed by atoms with Crippen LogP contribution in [-0.4, -0.2) is 84.6 Å². The summed E-state index contributed by atoms with van der Waals surface area (Å²) in [5.74, 6) is -0.284. The molecule has 0 bridgehead atoms. The largest absolute Gasteiger partial charge is 0.472 e. The molecule has 69 heavy (non-hydrogen) atoms. The SMILES string of the molecule is C/C=C/CC/C=C/CC/C=C/CCCC(O)C(O)C(COP(=O)(O)OCC[N+](C)(C)C)NC(=O)CCCCCCCCCCCCC/C=C\C/C=C\C/C=C\C/C=C\C/C=C\C/C=C\C/C=C\CC. The van der Waals surface area contributed by atoms with Gasteiger partial charge in [-0.25, -0.2) is 4.57 Å². The molecule has 4 atom stereocenters. The third kappa shape index (κ3) is 49.6. The van der Waals surface area contributed by atoms with Gasteiger partial charge in [0.1, 0.15) is 19.3 Å². The van der Waals surface area contributed by atoms with E-state index in [0.717, 1.165) is 103 Å². The Bertz CT molecular complexity index is 1550. The fourth-order valence-corrected chi connectivity index (χ4v) is 7.84. The second kappa shape index (κ2) is 48.5. The molecule has 0 aromatic heterocycles. The summed E-state index contributed by atoms with van der Waals surface area (Å²) in [6, 6.07) is -1.07. The van der Waals surface area contributed by atoms with Crippen molar-refractivity contribution >= 4 is 13.7 Å². The van der Waals surface area contributed by atoms with Crippen LogP contribution in [0.15, 0.2) is 122 Å². The van der Waals surface area contributed by atoms with E-state index in [4.69, 9.17) is 9.05 Å². The van der Waals surface area contributed by atoms with Crippen molar-refractivity contribution in [2.75, 3.05) is 40.9 Å². The molecule has 0 aliphatic heterocycles. The molecule has 394 valence electrons. The van der Waals surface area contributed by atoms with Gasteiger partial charge in [0.15, 0.2) is 0 Å². The predicted molar refractivity (Wildman–Crippen MR) is 296 cm³/mol. The van der Waals surface area contributed by atoms with Crippen LogP contribution >= 0.6 is 7.82 Å². The van der Waals surface area contributed by atoms with E-state index in [0.29, 0.717) is 30.3 Å². The molecule has 0 aromatic carbocycles. The van der Waals surface area contributed by atoms with Crippen LogP contribution < -0.4 is 5.32 Å². The number of rotatable bonds is 47. The Labute approximate surface area is 423 Å². The Morgan fingerprint density at radius 3 is 1.39 bits per heavy atom. The Balaban J connectivity index is 4.24. The molecule has 0 aromatic rings. The van der Waals surface area contributed by atoms with Gasteiger partial charge in [0.05, 0.1) is 39.9 Å². The van der Waals surface area contributed by atoms with Gasteiger partial charge in [0, 0.05) is 6.42 Å². The molecule has 1 amide bonds. The number of carbonyl (C=O) groups excluding carboxylic acids is 1. The zero-order valence-electron chi connectivity index (χ0n) is 44.4. The van der Waals surface area contributed by atoms with Gasteiger partial charge < -0.3 is 24.9 Å². The van der Waals surface area contributed by atoms with Crippen molar-refractivity contribution in [1.29, 1.82) is 0 Å². The normalized spacial score (nSPS) is 15.4. The molecule has 0 saturated carbocycles. The molecule has 0 heterocycles. The van der Waals surface area contributed by atoms with E-state index in [2.05, 4.69) is 134 Å². The first kappa shape index (κ1) is 65.9. The van der Waals surface area contributed by atoms with Crippen molar-refractivity contribution in [3.63, 3.8) is 0 Å². The second-order valence-electron chi connectivity index (χ2n) is 19.0. The topological polar surface area (TPSA) is 125 Å². The fourth-order valence-electron chi connectivity index (χ4n) is 7.10. The number of hydrogen-bond donors (Lipinski definition) is 4. The number of likely N-dealkylation sites (N-methyl/N-ethyl adjacent to an activating group) is 1. The molecule has 0 fully saturated rings. The number of hydrogen-bond acceptors (Lipinski definition) is 6. The maximum absolute atomic E-state index is 13.0. The number of unbranched alkanes of at least 4 members (excludes halogenated alkanes) is 14. The first-order valence-electron chi connectivity index (χ1n) is 27.0. The lowest BCUT2D eigenvalue weighted by Gasteiger charge is -2.28. The minimum atomic E-state index is -4.44. The Kier molecular flexibility index (Phi) is 46.3. The molecule has 0 saturated heterocycles. The van der Waals surface area contributed by atoms with Gasteiger partial charge in [-0.2, -0.15) is 0 Å². The molecule has 0 spiro atoms. The lowest BCUT2D eigenvalue weighted by atomic mass is 10.0. The van der Waals surface area contributed by atoms with Gasteiger partial charge in [-0.05, 0) is 116 Å². The van der Waals surface area contributed by atoms with Crippen LogP contribution in [0.1, 0.15) is 187 Å². The minimum absolute atomic E-state index is 0.00554. The monoisotopic (exact) mass is 982 g/mol. The van der Waals surface area contributed by atoms with Crippen molar-refractivity contribution in [3.05, 3.63) is 122 Å². The molecule has 0 aliphatic rings. The summed E-state index contributed by atoms with van der Waals surface area (Å²) >= 11 is 0. The second-order valence-corrected chi connectivity index (χ2v) is 20.4. The quantitative estimate of drug-likeness (QED) is 0.0207. The van der Waals surface area contributed by atoms with E-state index in [-0.39, 0.29) is 18.9 Å². The summed E-state index contributed by atoms with van der Waals surface area (Å²) in [5, 5.41) is 24.7. The molecule has 0 radical (unpaired) electrons. The van der Waals surface area contributed by atoms with Gasteiger partial charge in [0.25, 0.3) is 0 Å². The average Bonchev–Trinajstić information content (AvgIpc) is 3.31. The molecule has 4 unspecified atom stereocenters. The lowest BCUT2D eigenvalue weighted by molar-refractivity contribution is -0.870. The van der Waals surface area contributed by atoms with Crippen molar-refractivity contribution in [2.24, 2.45) is 0 Å². The highest BCUT2D eigenvalue weighted by Gasteiger charge is 2.31. The summed E-state index contributed by atoms with van der Waals surface area (Å²) < 4.78 is 23.5. The van der Waals surface area contributed by atoms with E-state index in [1.165, 1.54) is 44.9 Å². The number of phosphoric acid groups is 1. The van der Waals surface area contributed by atoms with Gasteiger partial charge in [0.2, 0.25) is 5.91 Å². The molecular formula is C59H102N2O7P+. The maximum Gasteiger partial charge on any atom is 0.472 e. The zero-order chi connectivity index (χ0) is 50.8. The Hall–Kier alpha value is -3.14. The van der Waals surface area contributed by atoms with Crippen molar-refractivity contribution in [3.8, 4) is 0 Å². The van der Waals surface area contributed by atoms with Crippen LogP contribution in [0.4, 0.5) is 0 Å². The number of carbonyl (C=O) groups is 1. The van der Waals surface area contributed by atoms with Crippen LogP contribution in [0.3, 0.4) is 0 Å². The number of aliphatic hydroxyl groups is 2. The third-order valence-electron chi connectivity index (χ3n) is 11.3. The van der Waals surface area contributed by atoms with Crippen LogP contribution in [-0.2, 0) is 18.4 Å². The van der Waals surface area contributed by atoms with Crippen LogP contribution in [0.2, 0.25) is 0 Å². The fraction of sp³-hybridized carbons (Fsp3) is 0.644. The van der Waals surface area contributed by atoms with Gasteiger partial charge in [-0.3, -0.25) is 13.8 Å². The number of allylic oxidation sites excluding steroid dienone is 20. The molecule has 0 rings (SSSR count). The summed E-state index contributed by atoms with van der Waals surface area (Å²) in [7, 11) is 1.38. The molecule has 0 aliphatic carbocycles. The number of nitrogens with zero attached hydrogens (tertiary/aromatic N) is 1. The van der Waals surface area contributed by atoms with Gasteiger partial charge in [-0.15, -0.1) is 0 Å². The minimum Gasteiger partial charge on any atom is -0.390 e. The number of nitrogens with one attached hydrogen (secondary N) is 1. The first-order chi connectivity index (χ1) is 33.4. The highest BCUT2D eigenvalue weighted by molar-refractivity contribution is 7.47. The van der Waals surface area contributed by atoms with Gasteiger partial charge >= 0.3 is 7.82 Å². The highest BCUT2D eigenvalue weighted by atomic mass is 31.2. The Morgan fingerprint density at radius 2 is 0.928 bits per heavy atom. The molecule has 4 N–H and O–H groups in total. The average molecular weight is 982 g/mol. The lowest BCUT2D eigenvalue weighted by Crippen LogP contribution is -2.51. The summed E-state index contributed by atoms with van der Waals surface area (Å²) in [5.41, 5.74) is 0. The maximum atomic E-state index is 13.0. The van der Waals surface area contributed by atoms with E-state index in [1.54, 1.807) is 0 Å². The predicted octanol–water partition coefficient (Wildman–Crippen LogP) is 15.2. The summed E-state index contributed by atoms with van der Waals surface area (Å²) in [4.78, 5) is 23.3. The third-order valence-corrected chi connectivity index (χ3v) is 12.3. The van der Waals surface area contributed by atoms with Crippen LogP contribution in [0.5, 0.6) is 0 Å². The van der Waals surface area contributed by atoms with E-state index in [1.807, 2.05) is 28.1 Å². The van der Waals surface area contributed by atoms with E-state index in [9.17, 15) is 24.5 Å². The standard InChI is InChI=1S/C59H101N2O7P/c1-6-8-10-12-14-16-18-20-21-22-23-24-25-26-27-28-29-30-31-32-33-34-35-36-37-38-39-40-42-44-46-48-50-52-58(63)60-56(55-68-69(65,66)67-54-53-61(3,4)5)59(64)57(62)51-49-47-45-43-41-19-17-15-13-11-9-7-2/h7-10,14-17,20-21,23-24,26-27,29-30,32-33,43,45,56-57,59,62,64H,6,11-13,18-19,22,25,28,31,34-42,44,46-55H2,1-5H3,(H-,60,63,65,66)/p+1/b9-7+,10-8-,16-14-,17-15+,21-20-,24-23-,27-26-,30-29-,33-32-,45-43+. The highest BCUT2D eigenvalue weighted by Crippen LogP contribution is 2.43. The van der Waals surface area contributed by atoms with Crippen LogP contribution in [0.25, 0.3) is 0 Å². The molecular weight excluding hydrogens is 880 g/mol. The van der Waals surface area contributed by atoms with Crippen LogP contribution in [0, 0.1) is 0 Å². The number of amides is 1. The Morgan fingerprint density at radius 1 is 0.536 bits per heavy atom. The number of phosphoric ester groups is 1. The first-order valence-corrected chi connectivity index (χ1v) is 28.4. The van der Waals surface area contributed by atoms with E-state index >= 15 is 0 Å². The van der Waals surface area contributed by atoms with Crippen molar-refractivity contribution in [2.45, 2.75) is 205 Å². The smallest absolute Gasteiger partial charge is 0.390 e. The van der Waals surface area contributed by atoms with Gasteiger partial charge in [-0.1, -0.05) is 186 Å². The number of quaternary nitrogens is 1.